The Bertz CT molecular complexity index is 1460. The highest BCUT2D eigenvalue weighted by molar-refractivity contribution is 5.85. The molecule has 2 fully saturated rings. The van der Waals surface area contributed by atoms with Gasteiger partial charge in [0.2, 0.25) is 0 Å². The topological polar surface area (TPSA) is 87.2 Å². The molecular weight excluding hydrogens is 580 g/mol. The van der Waals surface area contributed by atoms with Crippen LogP contribution in [-0.2, 0) is 16.1 Å². The minimum atomic E-state index is -1.41. The summed E-state index contributed by atoms with van der Waals surface area (Å²) >= 11 is 0. The van der Waals surface area contributed by atoms with E-state index in [1.54, 1.807) is 31.5 Å². The van der Waals surface area contributed by atoms with E-state index in [1.807, 2.05) is 4.90 Å². The SMILES string of the molecule is COc1ccc2ncc(CN3CCOCC3)c([C@@H](F)CCC3(C(=O)O)CCN(CCNc4cc(F)cc(F)c4F)CC3)c2c1. The second-order valence-electron chi connectivity index (χ2n) is 11.6. The molecule has 2 aliphatic rings. The maximum atomic E-state index is 16.4. The van der Waals surface area contributed by atoms with E-state index in [1.165, 1.54) is 0 Å². The molecule has 238 valence electrons. The summed E-state index contributed by atoms with van der Waals surface area (Å²) in [5.41, 5.74) is 0.580. The highest BCUT2D eigenvalue weighted by Gasteiger charge is 2.42. The highest BCUT2D eigenvalue weighted by atomic mass is 19.2. The van der Waals surface area contributed by atoms with Gasteiger partial charge in [0.1, 0.15) is 17.7 Å². The Labute approximate surface area is 253 Å². The van der Waals surface area contributed by atoms with E-state index < -0.39 is 35.0 Å². The fraction of sp³-hybridized carbons (Fsp3) is 0.500. The third kappa shape index (κ3) is 7.24. The number of benzene rings is 2. The number of rotatable bonds is 12. The maximum Gasteiger partial charge on any atom is 0.309 e. The minimum absolute atomic E-state index is 0.0324. The number of piperidine rings is 1. The summed E-state index contributed by atoms with van der Waals surface area (Å²) in [5, 5.41) is 13.6. The number of carboxylic acids is 1. The first kappa shape index (κ1) is 31.9. The molecule has 8 nitrogen and oxygen atoms in total. The zero-order valence-electron chi connectivity index (χ0n) is 24.8. The van der Waals surface area contributed by atoms with Crippen molar-refractivity contribution in [3.05, 3.63) is 65.1 Å². The molecule has 5 rings (SSSR count). The maximum absolute atomic E-state index is 16.4. The van der Waals surface area contributed by atoms with Gasteiger partial charge in [0, 0.05) is 62.0 Å². The van der Waals surface area contributed by atoms with E-state index >= 15 is 4.39 Å². The Kier molecular flexibility index (Phi) is 10.2. The largest absolute Gasteiger partial charge is 0.497 e. The van der Waals surface area contributed by atoms with Crippen LogP contribution in [0.2, 0.25) is 0 Å². The molecule has 0 amide bonds. The molecule has 1 aromatic heterocycles. The molecule has 0 spiro atoms. The van der Waals surface area contributed by atoms with Crippen LogP contribution in [0.15, 0.2) is 36.5 Å². The van der Waals surface area contributed by atoms with Gasteiger partial charge in [-0.3, -0.25) is 14.7 Å². The van der Waals surface area contributed by atoms with E-state index in [4.69, 9.17) is 9.47 Å². The van der Waals surface area contributed by atoms with Gasteiger partial charge in [0.25, 0.3) is 0 Å². The first-order valence-electron chi connectivity index (χ1n) is 14.9. The van der Waals surface area contributed by atoms with Gasteiger partial charge in [0.15, 0.2) is 11.6 Å². The number of nitrogens with one attached hydrogen (secondary N) is 1. The van der Waals surface area contributed by atoms with Crippen molar-refractivity contribution < 1.29 is 36.9 Å². The molecule has 0 unspecified atom stereocenters. The van der Waals surface area contributed by atoms with Crippen molar-refractivity contribution in [2.75, 3.05) is 64.9 Å². The highest BCUT2D eigenvalue weighted by Crippen LogP contribution is 2.42. The van der Waals surface area contributed by atoms with Gasteiger partial charge in [0.05, 0.1) is 36.9 Å². The van der Waals surface area contributed by atoms with Gasteiger partial charge < -0.3 is 24.8 Å². The molecule has 3 aromatic rings. The molecule has 0 saturated carbocycles. The predicted molar refractivity (Wildman–Crippen MR) is 158 cm³/mol. The van der Waals surface area contributed by atoms with Crippen LogP contribution >= 0.6 is 0 Å². The Morgan fingerprint density at radius 2 is 1.86 bits per heavy atom. The number of ether oxygens (including phenoxy) is 2. The molecule has 0 bridgehead atoms. The molecule has 2 aliphatic heterocycles. The van der Waals surface area contributed by atoms with Crippen LogP contribution < -0.4 is 10.1 Å². The lowest BCUT2D eigenvalue weighted by Crippen LogP contribution is -2.45. The van der Waals surface area contributed by atoms with E-state index in [-0.39, 0.29) is 25.1 Å². The molecule has 2 saturated heterocycles. The van der Waals surface area contributed by atoms with E-state index in [0.29, 0.717) is 80.5 Å². The number of likely N-dealkylation sites (tertiary alicyclic amines) is 1. The first-order valence-corrected chi connectivity index (χ1v) is 14.9. The van der Waals surface area contributed by atoms with Gasteiger partial charge in [-0.05, 0) is 62.5 Å². The molecule has 12 heteroatoms. The zero-order valence-corrected chi connectivity index (χ0v) is 24.8. The number of anilines is 1. The number of pyridine rings is 1. The average molecular weight is 619 g/mol. The monoisotopic (exact) mass is 618 g/mol. The van der Waals surface area contributed by atoms with Crippen LogP contribution in [0.1, 0.15) is 43.0 Å². The van der Waals surface area contributed by atoms with Gasteiger partial charge in [-0.25, -0.2) is 17.6 Å². The number of fused-ring (bicyclic) bond motifs is 1. The fourth-order valence-electron chi connectivity index (χ4n) is 6.21. The number of aliphatic carboxylic acids is 1. The quantitative estimate of drug-likeness (QED) is 0.202. The Hall–Kier alpha value is -3.48. The molecule has 0 radical (unpaired) electrons. The number of carboxylic acid groups (broad SMARTS) is 1. The predicted octanol–water partition coefficient (Wildman–Crippen LogP) is 5.56. The van der Waals surface area contributed by atoms with Crippen LogP contribution in [0.25, 0.3) is 10.9 Å². The van der Waals surface area contributed by atoms with E-state index in [9.17, 15) is 23.1 Å². The third-order valence-corrected chi connectivity index (χ3v) is 8.89. The van der Waals surface area contributed by atoms with Gasteiger partial charge >= 0.3 is 5.97 Å². The van der Waals surface area contributed by atoms with Crippen molar-refractivity contribution in [3.63, 3.8) is 0 Å². The van der Waals surface area contributed by atoms with Crippen molar-refractivity contribution in [2.45, 2.75) is 38.4 Å². The lowest BCUT2D eigenvalue weighted by atomic mass is 9.74. The Morgan fingerprint density at radius 3 is 2.57 bits per heavy atom. The molecule has 2 aromatic carbocycles. The number of methoxy groups -OCH3 is 1. The minimum Gasteiger partial charge on any atom is -0.497 e. The second kappa shape index (κ2) is 14.1. The number of alkyl halides is 1. The average Bonchev–Trinajstić information content (AvgIpc) is 3.02. The summed E-state index contributed by atoms with van der Waals surface area (Å²) in [6.45, 7) is 4.73. The van der Waals surface area contributed by atoms with Crippen LogP contribution in [0.5, 0.6) is 5.75 Å². The van der Waals surface area contributed by atoms with Crippen molar-refractivity contribution in [1.29, 1.82) is 0 Å². The number of hydrogen-bond acceptors (Lipinski definition) is 7. The number of carbonyl (C=O) groups is 1. The van der Waals surface area contributed by atoms with Crippen molar-refractivity contribution in [2.24, 2.45) is 5.41 Å². The van der Waals surface area contributed by atoms with Gasteiger partial charge in [-0.1, -0.05) is 0 Å². The summed E-state index contributed by atoms with van der Waals surface area (Å²) in [6.07, 6.45) is 1.14. The third-order valence-electron chi connectivity index (χ3n) is 8.89. The van der Waals surface area contributed by atoms with Crippen molar-refractivity contribution in [3.8, 4) is 5.75 Å². The van der Waals surface area contributed by atoms with E-state index in [2.05, 4.69) is 15.2 Å². The second-order valence-corrected chi connectivity index (χ2v) is 11.6. The normalized spacial score (nSPS) is 18.3. The van der Waals surface area contributed by atoms with Gasteiger partial charge in [-0.2, -0.15) is 0 Å². The van der Waals surface area contributed by atoms with Gasteiger partial charge in [-0.15, -0.1) is 0 Å². The molecular formula is C32H38F4N4O4. The number of halogens is 4. The number of hydrogen-bond donors (Lipinski definition) is 2. The Morgan fingerprint density at radius 1 is 1.11 bits per heavy atom. The molecule has 44 heavy (non-hydrogen) atoms. The van der Waals surface area contributed by atoms with Crippen LogP contribution in [-0.4, -0.2) is 85.5 Å². The summed E-state index contributed by atoms with van der Waals surface area (Å²) in [7, 11) is 1.55. The lowest BCUT2D eigenvalue weighted by molar-refractivity contribution is -0.153. The smallest absolute Gasteiger partial charge is 0.309 e. The standard InChI is InChI=1S/C32H38F4N4O4/c1-43-23-2-3-27-24(18-23)29(21(19-38-27)20-40-12-14-44-15-13-40)25(34)4-5-32(31(41)42)6-9-39(10-7-32)11-8-37-28-17-22(33)16-26(35)30(28)36/h2-3,16-19,25,37H,4-15,20H2,1H3,(H,41,42)/t25-/m0/s1. The first-order chi connectivity index (χ1) is 21.2. The molecule has 3 heterocycles. The summed E-state index contributed by atoms with van der Waals surface area (Å²) in [6, 6.07) is 6.75. The zero-order chi connectivity index (χ0) is 31.3. The van der Waals surface area contributed by atoms with Crippen LogP contribution in [0, 0.1) is 22.9 Å². The number of morpholine rings is 1. The summed E-state index contributed by atoms with van der Waals surface area (Å²) < 4.78 is 68.2. The van der Waals surface area contributed by atoms with Crippen LogP contribution in [0.4, 0.5) is 23.2 Å². The summed E-state index contributed by atoms with van der Waals surface area (Å²) in [5.74, 6) is -3.66. The van der Waals surface area contributed by atoms with Crippen LogP contribution in [0.3, 0.4) is 0 Å². The lowest BCUT2D eigenvalue weighted by Gasteiger charge is -2.39. The van der Waals surface area contributed by atoms with Crippen molar-refractivity contribution in [1.82, 2.24) is 14.8 Å². The van der Waals surface area contributed by atoms with E-state index in [0.717, 1.165) is 24.7 Å². The molecule has 2 N–H and O–H groups in total. The Balaban J connectivity index is 1.25. The number of aromatic nitrogens is 1. The number of nitrogens with zero attached hydrogens (tertiary/aromatic N) is 3. The van der Waals surface area contributed by atoms with Crippen molar-refractivity contribution >= 4 is 22.6 Å². The fourth-order valence-corrected chi connectivity index (χ4v) is 6.21. The molecule has 0 aliphatic carbocycles. The molecule has 1 atom stereocenters. The summed E-state index contributed by atoms with van der Waals surface area (Å²) in [4.78, 5) is 21.3.